The lowest BCUT2D eigenvalue weighted by molar-refractivity contribution is -0.137. The SMILES string of the molecule is COc1ccc(C2(C(=O)N3C[C@@H]4CCOC[C@]4(CO)C3)CCCC2)cc1OC. The van der Waals surface area contributed by atoms with Crippen molar-refractivity contribution in [3.63, 3.8) is 0 Å². The van der Waals surface area contributed by atoms with E-state index in [1.54, 1.807) is 14.2 Å². The van der Waals surface area contributed by atoms with Crippen molar-refractivity contribution in [3.8, 4) is 11.5 Å². The van der Waals surface area contributed by atoms with Gasteiger partial charge in [0.2, 0.25) is 5.91 Å². The highest BCUT2D eigenvalue weighted by Gasteiger charge is 2.53. The molecule has 154 valence electrons. The molecule has 1 aromatic carbocycles. The Labute approximate surface area is 166 Å². The first-order valence-electron chi connectivity index (χ1n) is 10.3. The lowest BCUT2D eigenvalue weighted by atomic mass is 9.76. The summed E-state index contributed by atoms with van der Waals surface area (Å²) < 4.78 is 16.5. The molecule has 1 N–H and O–H groups in total. The molecule has 2 atom stereocenters. The molecular weight excluding hydrogens is 358 g/mol. The van der Waals surface area contributed by atoms with Crippen LogP contribution >= 0.6 is 0 Å². The minimum Gasteiger partial charge on any atom is -0.493 e. The number of methoxy groups -OCH3 is 2. The number of benzene rings is 1. The largest absolute Gasteiger partial charge is 0.493 e. The van der Waals surface area contributed by atoms with Gasteiger partial charge in [-0.05, 0) is 42.9 Å². The average molecular weight is 389 g/mol. The zero-order valence-corrected chi connectivity index (χ0v) is 16.9. The maximum absolute atomic E-state index is 13.9. The maximum Gasteiger partial charge on any atom is 0.233 e. The second-order valence-corrected chi connectivity index (χ2v) is 8.60. The molecular formula is C22H31NO5. The van der Waals surface area contributed by atoms with Crippen LogP contribution in [-0.4, -0.2) is 63.0 Å². The van der Waals surface area contributed by atoms with Crippen molar-refractivity contribution in [1.82, 2.24) is 4.90 Å². The Morgan fingerprint density at radius 1 is 1.25 bits per heavy atom. The number of aliphatic hydroxyl groups is 1. The molecule has 0 spiro atoms. The first kappa shape index (κ1) is 19.5. The van der Waals surface area contributed by atoms with Crippen LogP contribution in [0.5, 0.6) is 11.5 Å². The zero-order chi connectivity index (χ0) is 19.8. The second kappa shape index (κ2) is 7.56. The van der Waals surface area contributed by atoms with Crippen LogP contribution in [0.2, 0.25) is 0 Å². The number of carbonyl (C=O) groups excluding carboxylic acids is 1. The van der Waals surface area contributed by atoms with Crippen molar-refractivity contribution in [1.29, 1.82) is 0 Å². The topological polar surface area (TPSA) is 68.2 Å². The third-order valence-corrected chi connectivity index (χ3v) is 7.22. The highest BCUT2D eigenvalue weighted by molar-refractivity contribution is 5.89. The third-order valence-electron chi connectivity index (χ3n) is 7.22. The molecule has 3 aliphatic rings. The Balaban J connectivity index is 1.66. The number of carbonyl (C=O) groups is 1. The van der Waals surface area contributed by atoms with Crippen LogP contribution < -0.4 is 9.47 Å². The predicted octanol–water partition coefficient (Wildman–Crippen LogP) is 2.37. The summed E-state index contributed by atoms with van der Waals surface area (Å²) >= 11 is 0. The van der Waals surface area contributed by atoms with Crippen molar-refractivity contribution < 1.29 is 24.1 Å². The Morgan fingerprint density at radius 2 is 2.00 bits per heavy atom. The molecule has 6 heteroatoms. The Morgan fingerprint density at radius 3 is 2.64 bits per heavy atom. The summed E-state index contributed by atoms with van der Waals surface area (Å²) in [7, 11) is 3.25. The lowest BCUT2D eigenvalue weighted by Gasteiger charge is -2.36. The van der Waals surface area contributed by atoms with E-state index < -0.39 is 5.41 Å². The van der Waals surface area contributed by atoms with E-state index >= 15 is 0 Å². The van der Waals surface area contributed by atoms with Crippen molar-refractivity contribution in [2.75, 3.05) is 47.1 Å². The Kier molecular flexibility index (Phi) is 5.27. The molecule has 0 radical (unpaired) electrons. The number of hydrogen-bond acceptors (Lipinski definition) is 5. The summed E-state index contributed by atoms with van der Waals surface area (Å²) in [5.74, 6) is 1.85. The first-order valence-corrected chi connectivity index (χ1v) is 10.3. The molecule has 2 aliphatic heterocycles. The molecule has 3 fully saturated rings. The fraction of sp³-hybridized carbons (Fsp3) is 0.682. The molecule has 1 saturated carbocycles. The summed E-state index contributed by atoms with van der Waals surface area (Å²) in [6.45, 7) is 2.64. The molecule has 2 saturated heterocycles. The van der Waals surface area contributed by atoms with Crippen LogP contribution in [0.25, 0.3) is 0 Å². The lowest BCUT2D eigenvalue weighted by Crippen LogP contribution is -2.46. The summed E-state index contributed by atoms with van der Waals surface area (Å²) in [5.41, 5.74) is 0.201. The van der Waals surface area contributed by atoms with Gasteiger partial charge in [-0.15, -0.1) is 0 Å². The summed E-state index contributed by atoms with van der Waals surface area (Å²) in [5, 5.41) is 10.1. The molecule has 28 heavy (non-hydrogen) atoms. The number of rotatable bonds is 5. The highest BCUT2D eigenvalue weighted by atomic mass is 16.5. The van der Waals surface area contributed by atoms with E-state index in [0.717, 1.165) is 50.8 Å². The number of ether oxygens (including phenoxy) is 3. The van der Waals surface area contributed by atoms with Gasteiger partial charge in [-0.3, -0.25) is 4.79 Å². The van der Waals surface area contributed by atoms with Gasteiger partial charge in [0.1, 0.15) is 0 Å². The van der Waals surface area contributed by atoms with E-state index in [0.29, 0.717) is 30.6 Å². The van der Waals surface area contributed by atoms with Gasteiger partial charge in [0.25, 0.3) is 0 Å². The fourth-order valence-electron chi connectivity index (χ4n) is 5.52. The number of fused-ring (bicyclic) bond motifs is 1. The minimum atomic E-state index is -0.509. The zero-order valence-electron chi connectivity index (χ0n) is 16.9. The second-order valence-electron chi connectivity index (χ2n) is 8.60. The van der Waals surface area contributed by atoms with Crippen LogP contribution in [0.1, 0.15) is 37.7 Å². The van der Waals surface area contributed by atoms with Crippen molar-refractivity contribution in [2.45, 2.75) is 37.5 Å². The van der Waals surface area contributed by atoms with Gasteiger partial charge < -0.3 is 24.2 Å². The number of hydrogen-bond donors (Lipinski definition) is 1. The normalized spacial score (nSPS) is 28.8. The fourth-order valence-corrected chi connectivity index (χ4v) is 5.52. The quantitative estimate of drug-likeness (QED) is 0.837. The molecule has 1 aliphatic carbocycles. The van der Waals surface area contributed by atoms with E-state index in [1.807, 2.05) is 23.1 Å². The molecule has 1 amide bonds. The molecule has 0 unspecified atom stereocenters. The first-order chi connectivity index (χ1) is 13.6. The Bertz CT molecular complexity index is 730. The molecule has 4 rings (SSSR count). The average Bonchev–Trinajstić information content (AvgIpc) is 3.38. The molecule has 1 aromatic rings. The number of amides is 1. The number of likely N-dealkylation sites (tertiary alicyclic amines) is 1. The number of aliphatic hydroxyl groups excluding tert-OH is 1. The van der Waals surface area contributed by atoms with Gasteiger partial charge in [0, 0.05) is 25.1 Å². The monoisotopic (exact) mass is 389 g/mol. The molecule has 2 heterocycles. The minimum absolute atomic E-state index is 0.0742. The highest BCUT2D eigenvalue weighted by Crippen LogP contribution is 2.48. The van der Waals surface area contributed by atoms with E-state index in [-0.39, 0.29) is 17.9 Å². The van der Waals surface area contributed by atoms with Gasteiger partial charge >= 0.3 is 0 Å². The van der Waals surface area contributed by atoms with Crippen molar-refractivity contribution in [3.05, 3.63) is 23.8 Å². The van der Waals surface area contributed by atoms with E-state index in [4.69, 9.17) is 14.2 Å². The van der Waals surface area contributed by atoms with E-state index in [9.17, 15) is 9.90 Å². The third kappa shape index (κ3) is 2.98. The van der Waals surface area contributed by atoms with Crippen LogP contribution in [0.3, 0.4) is 0 Å². The molecule has 6 nitrogen and oxygen atoms in total. The maximum atomic E-state index is 13.9. The van der Waals surface area contributed by atoms with Gasteiger partial charge in [0.15, 0.2) is 11.5 Å². The Hall–Kier alpha value is -1.79. The smallest absolute Gasteiger partial charge is 0.233 e. The van der Waals surface area contributed by atoms with Gasteiger partial charge in [0.05, 0.1) is 32.8 Å². The van der Waals surface area contributed by atoms with Gasteiger partial charge in [-0.1, -0.05) is 18.9 Å². The molecule has 0 aromatic heterocycles. The van der Waals surface area contributed by atoms with Crippen molar-refractivity contribution >= 4 is 5.91 Å². The summed E-state index contributed by atoms with van der Waals surface area (Å²) in [6.07, 6.45) is 4.71. The summed E-state index contributed by atoms with van der Waals surface area (Å²) in [4.78, 5) is 15.9. The summed E-state index contributed by atoms with van der Waals surface area (Å²) in [6, 6.07) is 5.88. The standard InChI is InChI=1S/C22H31NO5/c1-26-18-6-5-16(11-19(18)27-2)22(8-3-4-9-22)20(25)23-12-17-7-10-28-15-21(17,13-23)14-24/h5-6,11,17,24H,3-4,7-10,12-15H2,1-2H3/t17-,21+/m0/s1. The van der Waals surface area contributed by atoms with E-state index in [2.05, 4.69) is 0 Å². The number of nitrogens with zero attached hydrogens (tertiary/aromatic N) is 1. The molecule has 0 bridgehead atoms. The van der Waals surface area contributed by atoms with Gasteiger partial charge in [-0.2, -0.15) is 0 Å². The van der Waals surface area contributed by atoms with Crippen LogP contribution in [0, 0.1) is 11.3 Å². The van der Waals surface area contributed by atoms with Crippen LogP contribution in [0.4, 0.5) is 0 Å². The van der Waals surface area contributed by atoms with Gasteiger partial charge in [-0.25, -0.2) is 0 Å². The van der Waals surface area contributed by atoms with Crippen LogP contribution in [0.15, 0.2) is 18.2 Å². The van der Waals surface area contributed by atoms with Crippen LogP contribution in [-0.2, 0) is 14.9 Å². The predicted molar refractivity (Wildman–Crippen MR) is 105 cm³/mol. The van der Waals surface area contributed by atoms with E-state index in [1.165, 1.54) is 0 Å². The van der Waals surface area contributed by atoms with Crippen molar-refractivity contribution in [2.24, 2.45) is 11.3 Å².